The molecule has 1 aromatic carbocycles. The van der Waals surface area contributed by atoms with Crippen molar-refractivity contribution in [1.82, 2.24) is 4.98 Å². The summed E-state index contributed by atoms with van der Waals surface area (Å²) in [5, 5.41) is 12.6. The monoisotopic (exact) mass is 206 g/mol. The molecule has 14 heavy (non-hydrogen) atoms. The van der Waals surface area contributed by atoms with Crippen molar-refractivity contribution in [3.05, 3.63) is 41.0 Å². The van der Waals surface area contributed by atoms with E-state index in [9.17, 15) is 0 Å². The molecule has 0 fully saturated rings. The van der Waals surface area contributed by atoms with Crippen molar-refractivity contribution in [2.45, 2.75) is 0 Å². The Bertz CT molecular complexity index is 496. The van der Waals surface area contributed by atoms with Gasteiger partial charge in [-0.05, 0) is 12.1 Å². The lowest BCUT2D eigenvalue weighted by atomic mass is 10.2. The van der Waals surface area contributed by atoms with E-state index in [1.807, 2.05) is 30.3 Å². The molecule has 4 heteroatoms. The third-order valence-corrected chi connectivity index (χ3v) is 2.20. The summed E-state index contributed by atoms with van der Waals surface area (Å²) in [7, 11) is 0. The molecule has 3 nitrogen and oxygen atoms in total. The fourth-order valence-electron chi connectivity index (χ4n) is 1.26. The van der Waals surface area contributed by atoms with Gasteiger partial charge in [0, 0.05) is 10.9 Å². The van der Waals surface area contributed by atoms with Crippen molar-refractivity contribution >= 4 is 28.7 Å². The Kier molecular flexibility index (Phi) is 2.33. The molecule has 1 aromatic heterocycles. The van der Waals surface area contributed by atoms with E-state index in [2.05, 4.69) is 10.1 Å². The second-order valence-electron chi connectivity index (χ2n) is 2.81. The quantitative estimate of drug-likeness (QED) is 0.338. The van der Waals surface area contributed by atoms with Gasteiger partial charge >= 0.3 is 0 Å². The molecule has 70 valence electrons. The van der Waals surface area contributed by atoms with E-state index in [1.54, 1.807) is 0 Å². The van der Waals surface area contributed by atoms with Gasteiger partial charge in [-0.2, -0.15) is 0 Å². The van der Waals surface area contributed by atoms with Crippen molar-refractivity contribution in [2.24, 2.45) is 5.16 Å². The second-order valence-corrected chi connectivity index (χ2v) is 3.16. The molecule has 1 heterocycles. The number of benzene rings is 1. The summed E-state index contributed by atoms with van der Waals surface area (Å²) in [5.41, 5.74) is 1.43. The van der Waals surface area contributed by atoms with Crippen LogP contribution in [0.25, 0.3) is 10.9 Å². The molecule has 1 N–H and O–H groups in total. The van der Waals surface area contributed by atoms with Gasteiger partial charge in [0.1, 0.15) is 5.15 Å². The molecular formula is C10H7ClN2O. The Labute approximate surface area is 85.6 Å². The van der Waals surface area contributed by atoms with Crippen LogP contribution in [0.15, 0.2) is 35.5 Å². The standard InChI is InChI=1S/C10H7ClN2O/c11-10-8(6-12-14)5-7-3-1-2-4-9(7)13-10/h1-6,14H/b12-6+. The SMILES string of the molecule is O/N=C/c1cc2ccccc2nc1Cl. The number of fused-ring (bicyclic) bond motifs is 1. The maximum atomic E-state index is 8.40. The first kappa shape index (κ1) is 8.97. The number of oxime groups is 1. The molecule has 0 aliphatic heterocycles. The number of hydrogen-bond donors (Lipinski definition) is 1. The lowest BCUT2D eigenvalue weighted by molar-refractivity contribution is 0.322. The van der Waals surface area contributed by atoms with Gasteiger partial charge in [-0.25, -0.2) is 4.98 Å². The van der Waals surface area contributed by atoms with Crippen molar-refractivity contribution in [2.75, 3.05) is 0 Å². The molecular weight excluding hydrogens is 200 g/mol. The van der Waals surface area contributed by atoms with Crippen LogP contribution in [0, 0.1) is 0 Å². The average Bonchev–Trinajstić information content (AvgIpc) is 2.19. The lowest BCUT2D eigenvalue weighted by Crippen LogP contribution is -1.88. The summed E-state index contributed by atoms with van der Waals surface area (Å²) in [6, 6.07) is 9.43. The third-order valence-electron chi connectivity index (χ3n) is 1.90. The second kappa shape index (κ2) is 3.64. The highest BCUT2D eigenvalue weighted by Gasteiger charge is 2.01. The summed E-state index contributed by atoms with van der Waals surface area (Å²) in [5.74, 6) is 0. The number of para-hydroxylation sites is 1. The fourth-order valence-corrected chi connectivity index (χ4v) is 1.46. The van der Waals surface area contributed by atoms with E-state index in [1.165, 1.54) is 6.21 Å². The molecule has 0 aliphatic carbocycles. The van der Waals surface area contributed by atoms with Gasteiger partial charge in [-0.3, -0.25) is 0 Å². The maximum Gasteiger partial charge on any atom is 0.138 e. The number of halogens is 1. The van der Waals surface area contributed by atoms with Gasteiger partial charge in [0.2, 0.25) is 0 Å². The first-order valence-electron chi connectivity index (χ1n) is 4.04. The Balaban J connectivity index is 2.70. The minimum absolute atomic E-state index is 0.335. The molecule has 2 rings (SSSR count). The normalized spacial score (nSPS) is 11.2. The third kappa shape index (κ3) is 1.54. The molecule has 0 atom stereocenters. The van der Waals surface area contributed by atoms with E-state index < -0.39 is 0 Å². The number of hydrogen-bond acceptors (Lipinski definition) is 3. The maximum absolute atomic E-state index is 8.40. The van der Waals surface area contributed by atoms with Crippen LogP contribution in [0.4, 0.5) is 0 Å². The van der Waals surface area contributed by atoms with Gasteiger partial charge in [0.15, 0.2) is 0 Å². The smallest absolute Gasteiger partial charge is 0.138 e. The van der Waals surface area contributed by atoms with Crippen LogP contribution < -0.4 is 0 Å². The highest BCUT2D eigenvalue weighted by molar-refractivity contribution is 6.32. The highest BCUT2D eigenvalue weighted by atomic mass is 35.5. The van der Waals surface area contributed by atoms with Crippen LogP contribution in [0.5, 0.6) is 0 Å². The first-order valence-corrected chi connectivity index (χ1v) is 4.42. The van der Waals surface area contributed by atoms with Gasteiger partial charge < -0.3 is 5.21 Å². The molecule has 0 radical (unpaired) electrons. The van der Waals surface area contributed by atoms with Gasteiger partial charge in [-0.15, -0.1) is 0 Å². The molecule has 0 saturated heterocycles. The predicted octanol–water partition coefficient (Wildman–Crippen LogP) is 2.70. The van der Waals surface area contributed by atoms with Crippen molar-refractivity contribution in [3.63, 3.8) is 0 Å². The van der Waals surface area contributed by atoms with Crippen LogP contribution >= 0.6 is 11.6 Å². The van der Waals surface area contributed by atoms with Gasteiger partial charge in [-0.1, -0.05) is 35.0 Å². The zero-order valence-corrected chi connectivity index (χ0v) is 7.94. The van der Waals surface area contributed by atoms with Gasteiger partial charge in [0.25, 0.3) is 0 Å². The number of rotatable bonds is 1. The first-order chi connectivity index (χ1) is 6.81. The molecule has 0 spiro atoms. The van der Waals surface area contributed by atoms with E-state index in [0.717, 1.165) is 10.9 Å². The van der Waals surface area contributed by atoms with Crippen LogP contribution in [0.1, 0.15) is 5.56 Å². The zero-order chi connectivity index (χ0) is 9.97. The van der Waals surface area contributed by atoms with Crippen LogP contribution in [0.2, 0.25) is 5.15 Å². The van der Waals surface area contributed by atoms with Crippen LogP contribution in [0.3, 0.4) is 0 Å². The molecule has 0 bridgehead atoms. The number of aromatic nitrogens is 1. The molecule has 0 amide bonds. The minimum Gasteiger partial charge on any atom is -0.411 e. The van der Waals surface area contributed by atoms with Crippen LogP contribution in [-0.2, 0) is 0 Å². The summed E-state index contributed by atoms with van der Waals surface area (Å²) >= 11 is 5.87. The Hall–Kier alpha value is -1.61. The largest absolute Gasteiger partial charge is 0.411 e. The highest BCUT2D eigenvalue weighted by Crippen LogP contribution is 2.18. The number of pyridine rings is 1. The lowest BCUT2D eigenvalue weighted by Gasteiger charge is -2.00. The molecule has 0 unspecified atom stereocenters. The van der Waals surface area contributed by atoms with E-state index in [-0.39, 0.29) is 0 Å². The zero-order valence-electron chi connectivity index (χ0n) is 7.18. The summed E-state index contributed by atoms with van der Waals surface area (Å²) in [6.45, 7) is 0. The molecule has 0 aliphatic rings. The topological polar surface area (TPSA) is 45.5 Å². The van der Waals surface area contributed by atoms with E-state index in [0.29, 0.717) is 10.7 Å². The Morgan fingerprint density at radius 1 is 1.36 bits per heavy atom. The van der Waals surface area contributed by atoms with Crippen molar-refractivity contribution in [3.8, 4) is 0 Å². The van der Waals surface area contributed by atoms with E-state index >= 15 is 0 Å². The van der Waals surface area contributed by atoms with E-state index in [4.69, 9.17) is 16.8 Å². The number of nitrogens with zero attached hydrogens (tertiary/aromatic N) is 2. The summed E-state index contributed by atoms with van der Waals surface area (Å²) in [6.07, 6.45) is 1.27. The molecule has 0 saturated carbocycles. The minimum atomic E-state index is 0.335. The Morgan fingerprint density at radius 3 is 2.93 bits per heavy atom. The fraction of sp³-hybridized carbons (Fsp3) is 0. The molecule has 2 aromatic rings. The van der Waals surface area contributed by atoms with Crippen molar-refractivity contribution in [1.29, 1.82) is 0 Å². The predicted molar refractivity (Wildman–Crippen MR) is 56.1 cm³/mol. The Morgan fingerprint density at radius 2 is 2.14 bits per heavy atom. The average molecular weight is 207 g/mol. The summed E-state index contributed by atoms with van der Waals surface area (Å²) in [4.78, 5) is 4.16. The van der Waals surface area contributed by atoms with Crippen LogP contribution in [-0.4, -0.2) is 16.4 Å². The van der Waals surface area contributed by atoms with Crippen molar-refractivity contribution < 1.29 is 5.21 Å². The summed E-state index contributed by atoms with van der Waals surface area (Å²) < 4.78 is 0. The van der Waals surface area contributed by atoms with Gasteiger partial charge in [0.05, 0.1) is 11.7 Å².